The minimum atomic E-state index is -1.07. The Balaban J connectivity index is 2.63. The zero-order valence-electron chi connectivity index (χ0n) is 3.16. The van der Waals surface area contributed by atoms with Crippen molar-refractivity contribution in [2.45, 2.75) is 6.23 Å². The molecule has 0 bridgehead atoms. The maximum atomic E-state index is 8.05. The monoisotopic (exact) mass is 93.0 g/mol. The van der Waals surface area contributed by atoms with Crippen molar-refractivity contribution in [2.24, 2.45) is 5.73 Å². The second-order valence-corrected chi connectivity index (χ2v) is 0.863. The van der Waals surface area contributed by atoms with Crippen molar-refractivity contribution in [3.8, 4) is 0 Å². The van der Waals surface area contributed by atoms with Gasteiger partial charge in [-0.3, -0.25) is 5.26 Å². The van der Waals surface area contributed by atoms with Gasteiger partial charge in [0.15, 0.2) is 0 Å². The Morgan fingerprint density at radius 1 is 1.83 bits per heavy atom. The van der Waals surface area contributed by atoms with Crippen molar-refractivity contribution in [3.63, 3.8) is 0 Å². The van der Waals surface area contributed by atoms with Gasteiger partial charge >= 0.3 is 0 Å². The normalized spacial score (nSPS) is 14.5. The SMILES string of the molecule is NC(O)COO. The third-order valence-corrected chi connectivity index (χ3v) is 0.245. The van der Waals surface area contributed by atoms with Crippen LogP contribution in [0.1, 0.15) is 0 Å². The van der Waals surface area contributed by atoms with Gasteiger partial charge in [0.1, 0.15) is 12.8 Å². The van der Waals surface area contributed by atoms with E-state index in [1.54, 1.807) is 0 Å². The molecular weight excluding hydrogens is 86.0 g/mol. The maximum Gasteiger partial charge on any atom is 0.129 e. The van der Waals surface area contributed by atoms with Gasteiger partial charge in [-0.1, -0.05) is 0 Å². The van der Waals surface area contributed by atoms with E-state index in [1.165, 1.54) is 0 Å². The minimum absolute atomic E-state index is 0.236. The van der Waals surface area contributed by atoms with Crippen LogP contribution in [0.5, 0.6) is 0 Å². The maximum absolute atomic E-state index is 8.05. The average Bonchev–Trinajstić information content (AvgIpc) is 1.35. The standard InChI is InChI=1S/C2H7NO3/c3-2(4)1-6-5/h2,4-5H,1,3H2. The smallest absolute Gasteiger partial charge is 0.129 e. The first-order valence-electron chi connectivity index (χ1n) is 1.47. The van der Waals surface area contributed by atoms with Crippen LogP contribution < -0.4 is 5.73 Å². The number of hydrogen-bond acceptors (Lipinski definition) is 4. The van der Waals surface area contributed by atoms with Crippen molar-refractivity contribution in [1.82, 2.24) is 0 Å². The number of hydrogen-bond donors (Lipinski definition) is 3. The second-order valence-electron chi connectivity index (χ2n) is 0.863. The number of nitrogens with two attached hydrogens (primary N) is 1. The Morgan fingerprint density at radius 3 is 2.33 bits per heavy atom. The summed E-state index contributed by atoms with van der Waals surface area (Å²) >= 11 is 0. The van der Waals surface area contributed by atoms with E-state index >= 15 is 0 Å². The lowest BCUT2D eigenvalue weighted by molar-refractivity contribution is -0.256. The number of rotatable bonds is 2. The Morgan fingerprint density at radius 2 is 2.33 bits per heavy atom. The van der Waals surface area contributed by atoms with E-state index in [-0.39, 0.29) is 6.61 Å². The van der Waals surface area contributed by atoms with Crippen LogP contribution in [0, 0.1) is 0 Å². The van der Waals surface area contributed by atoms with Crippen LogP contribution in [-0.2, 0) is 4.89 Å². The average molecular weight is 93.1 g/mol. The summed E-state index contributed by atoms with van der Waals surface area (Å²) in [7, 11) is 0. The molecule has 4 N–H and O–H groups in total. The molecule has 0 radical (unpaired) electrons. The van der Waals surface area contributed by atoms with E-state index in [1.807, 2.05) is 0 Å². The predicted molar refractivity (Wildman–Crippen MR) is 18.8 cm³/mol. The third kappa shape index (κ3) is 3.84. The first-order chi connectivity index (χ1) is 2.77. The molecule has 0 spiro atoms. The molecule has 1 atom stereocenters. The van der Waals surface area contributed by atoms with Crippen LogP contribution in [-0.4, -0.2) is 23.2 Å². The van der Waals surface area contributed by atoms with Crippen molar-refractivity contribution < 1.29 is 15.3 Å². The van der Waals surface area contributed by atoms with Crippen molar-refractivity contribution >= 4 is 0 Å². The Hall–Kier alpha value is -0.160. The molecule has 0 heterocycles. The zero-order valence-corrected chi connectivity index (χ0v) is 3.16. The summed E-state index contributed by atoms with van der Waals surface area (Å²) < 4.78 is 0. The van der Waals surface area contributed by atoms with E-state index in [4.69, 9.17) is 10.4 Å². The van der Waals surface area contributed by atoms with E-state index < -0.39 is 6.23 Å². The molecule has 0 aliphatic heterocycles. The summed E-state index contributed by atoms with van der Waals surface area (Å²) in [5.41, 5.74) is 4.67. The summed E-state index contributed by atoms with van der Waals surface area (Å²) in [5, 5.41) is 15.5. The van der Waals surface area contributed by atoms with Crippen LogP contribution in [0.3, 0.4) is 0 Å². The van der Waals surface area contributed by atoms with Crippen LogP contribution in [0.25, 0.3) is 0 Å². The lowest BCUT2D eigenvalue weighted by atomic mass is 10.7. The van der Waals surface area contributed by atoms with E-state index in [9.17, 15) is 0 Å². The highest BCUT2D eigenvalue weighted by Gasteiger charge is 1.89. The highest BCUT2D eigenvalue weighted by molar-refractivity contribution is 4.32. The molecule has 38 valence electrons. The summed E-state index contributed by atoms with van der Waals surface area (Å²) in [6.07, 6.45) is -1.07. The molecule has 4 nitrogen and oxygen atoms in total. The summed E-state index contributed by atoms with van der Waals surface area (Å²) in [4.78, 5) is 3.43. The molecule has 0 aliphatic rings. The van der Waals surface area contributed by atoms with Gasteiger partial charge in [0.2, 0.25) is 0 Å². The van der Waals surface area contributed by atoms with Crippen LogP contribution in [0.4, 0.5) is 0 Å². The van der Waals surface area contributed by atoms with Crippen LogP contribution in [0.15, 0.2) is 0 Å². The lowest BCUT2D eigenvalue weighted by Gasteiger charge is -1.95. The molecule has 1 unspecified atom stereocenters. The number of aliphatic hydroxyl groups is 1. The first kappa shape index (κ1) is 5.84. The van der Waals surface area contributed by atoms with E-state index in [2.05, 4.69) is 10.6 Å². The molecule has 0 rings (SSSR count). The Labute approximate surface area is 35.1 Å². The van der Waals surface area contributed by atoms with Crippen molar-refractivity contribution in [1.29, 1.82) is 0 Å². The molecular formula is C2H7NO3. The van der Waals surface area contributed by atoms with Crippen LogP contribution in [0.2, 0.25) is 0 Å². The molecule has 0 amide bonds. The second kappa shape index (κ2) is 3.05. The predicted octanol–water partition coefficient (Wildman–Crippen LogP) is -1.25. The van der Waals surface area contributed by atoms with Gasteiger partial charge in [-0.15, -0.1) is 0 Å². The molecule has 0 saturated carbocycles. The highest BCUT2D eigenvalue weighted by atomic mass is 17.1. The highest BCUT2D eigenvalue weighted by Crippen LogP contribution is 1.66. The van der Waals surface area contributed by atoms with Crippen molar-refractivity contribution in [2.75, 3.05) is 6.61 Å². The molecule has 0 aliphatic carbocycles. The van der Waals surface area contributed by atoms with Crippen molar-refractivity contribution in [3.05, 3.63) is 0 Å². The molecule has 0 aromatic rings. The fourth-order valence-corrected chi connectivity index (χ4v) is 0.0764. The Bertz CT molecular complexity index is 30.0. The van der Waals surface area contributed by atoms with Crippen LogP contribution >= 0.6 is 0 Å². The third-order valence-electron chi connectivity index (χ3n) is 0.245. The minimum Gasteiger partial charge on any atom is -0.376 e. The molecule has 6 heavy (non-hydrogen) atoms. The van der Waals surface area contributed by atoms with Gasteiger partial charge in [0.05, 0.1) is 0 Å². The van der Waals surface area contributed by atoms with Gasteiger partial charge in [-0.05, 0) is 0 Å². The fraction of sp³-hybridized carbons (Fsp3) is 1.00. The molecule has 0 fully saturated rings. The lowest BCUT2D eigenvalue weighted by Crippen LogP contribution is -2.24. The van der Waals surface area contributed by atoms with Gasteiger partial charge in [-0.25, -0.2) is 4.89 Å². The largest absolute Gasteiger partial charge is 0.376 e. The van der Waals surface area contributed by atoms with E-state index in [0.29, 0.717) is 0 Å². The quantitative estimate of drug-likeness (QED) is 0.226. The topological polar surface area (TPSA) is 75.7 Å². The van der Waals surface area contributed by atoms with Gasteiger partial charge in [0.25, 0.3) is 0 Å². The van der Waals surface area contributed by atoms with E-state index in [0.717, 1.165) is 0 Å². The Kier molecular flexibility index (Phi) is 2.97. The van der Waals surface area contributed by atoms with Gasteiger partial charge in [-0.2, -0.15) is 0 Å². The molecule has 0 aromatic carbocycles. The molecule has 4 heteroatoms. The summed E-state index contributed by atoms with van der Waals surface area (Å²) in [5.74, 6) is 0. The molecule has 0 saturated heterocycles. The zero-order chi connectivity index (χ0) is 4.99. The number of aliphatic hydroxyl groups excluding tert-OH is 1. The fourth-order valence-electron chi connectivity index (χ4n) is 0.0764. The van der Waals surface area contributed by atoms with Gasteiger partial charge in [0, 0.05) is 0 Å². The summed E-state index contributed by atoms with van der Waals surface area (Å²) in [6.45, 7) is -0.236. The first-order valence-corrected chi connectivity index (χ1v) is 1.47. The summed E-state index contributed by atoms with van der Waals surface area (Å²) in [6, 6.07) is 0. The van der Waals surface area contributed by atoms with Gasteiger partial charge < -0.3 is 10.8 Å². The molecule has 0 aromatic heterocycles.